The average Bonchev–Trinajstić information content (AvgIpc) is 2.99. The predicted molar refractivity (Wildman–Crippen MR) is 61.9 cm³/mol. The van der Waals surface area contributed by atoms with Gasteiger partial charge in [-0.25, -0.2) is 0 Å². The van der Waals surface area contributed by atoms with Crippen molar-refractivity contribution >= 4 is 5.97 Å². The zero-order chi connectivity index (χ0) is 11.3. The number of esters is 1. The largest absolute Gasteiger partial charge is 0.465 e. The van der Waals surface area contributed by atoms with Crippen molar-refractivity contribution in [3.8, 4) is 0 Å². The standard InChI is InChI=1S/C15H20O2/c1-6-2-7-3-8(6)13-9-4-10(12(7)13)14-11(9)5-17-15(14)16/h6-14H,2-5H2,1H3/t6?,7?,8?,9?,10?,11?,12?,13-,14?/m1/s1. The highest BCUT2D eigenvalue weighted by molar-refractivity contribution is 5.76. The second-order valence-corrected chi connectivity index (χ2v) is 7.41. The van der Waals surface area contributed by atoms with Crippen LogP contribution in [0.4, 0.5) is 0 Å². The zero-order valence-electron chi connectivity index (χ0n) is 10.3. The maximum atomic E-state index is 11.9. The van der Waals surface area contributed by atoms with E-state index in [9.17, 15) is 4.79 Å². The summed E-state index contributed by atoms with van der Waals surface area (Å²) in [5, 5.41) is 0. The SMILES string of the molecule is CC1CC2CC1[C@@H]1C3CC(C4C(=O)OCC43)C21. The minimum Gasteiger partial charge on any atom is -0.465 e. The number of carbonyl (C=O) groups is 1. The molecule has 5 aliphatic rings. The van der Waals surface area contributed by atoms with Gasteiger partial charge in [-0.3, -0.25) is 4.79 Å². The van der Waals surface area contributed by atoms with Crippen molar-refractivity contribution in [3.63, 3.8) is 0 Å². The van der Waals surface area contributed by atoms with Gasteiger partial charge in [0.15, 0.2) is 0 Å². The molecule has 1 heterocycles. The summed E-state index contributed by atoms with van der Waals surface area (Å²) in [6.45, 7) is 3.21. The highest BCUT2D eigenvalue weighted by Crippen LogP contribution is 2.72. The van der Waals surface area contributed by atoms with Crippen molar-refractivity contribution < 1.29 is 9.53 Å². The van der Waals surface area contributed by atoms with Crippen LogP contribution in [-0.4, -0.2) is 12.6 Å². The first-order valence-electron chi connectivity index (χ1n) is 7.42. The molecular weight excluding hydrogens is 212 g/mol. The highest BCUT2D eigenvalue weighted by atomic mass is 16.5. The van der Waals surface area contributed by atoms with E-state index >= 15 is 0 Å². The van der Waals surface area contributed by atoms with Crippen molar-refractivity contribution in [1.82, 2.24) is 0 Å². The molecule has 1 aliphatic heterocycles. The van der Waals surface area contributed by atoms with Crippen molar-refractivity contribution in [2.24, 2.45) is 53.3 Å². The summed E-state index contributed by atoms with van der Waals surface area (Å²) in [6, 6.07) is 0. The van der Waals surface area contributed by atoms with E-state index < -0.39 is 0 Å². The Hall–Kier alpha value is -0.530. The number of hydrogen-bond donors (Lipinski definition) is 0. The molecule has 0 aromatic rings. The summed E-state index contributed by atoms with van der Waals surface area (Å²) in [5.41, 5.74) is 0. The molecule has 4 aliphatic carbocycles. The summed E-state index contributed by atoms with van der Waals surface area (Å²) in [4.78, 5) is 11.9. The smallest absolute Gasteiger partial charge is 0.309 e. The zero-order valence-corrected chi connectivity index (χ0v) is 10.3. The van der Waals surface area contributed by atoms with Gasteiger partial charge in [0.25, 0.3) is 0 Å². The van der Waals surface area contributed by atoms with Crippen LogP contribution in [-0.2, 0) is 9.53 Å². The van der Waals surface area contributed by atoms with Crippen LogP contribution in [0.2, 0.25) is 0 Å². The second-order valence-electron chi connectivity index (χ2n) is 7.41. The third-order valence-corrected chi connectivity index (χ3v) is 7.16. The first-order chi connectivity index (χ1) is 8.25. The lowest BCUT2D eigenvalue weighted by Crippen LogP contribution is -2.40. The lowest BCUT2D eigenvalue weighted by Gasteiger charge is -2.41. The number of ether oxygens (including phenoxy) is 1. The molecule has 4 saturated carbocycles. The Morgan fingerprint density at radius 2 is 1.88 bits per heavy atom. The van der Waals surface area contributed by atoms with Gasteiger partial charge in [0.2, 0.25) is 0 Å². The Bertz CT molecular complexity index is 404. The van der Waals surface area contributed by atoms with Crippen molar-refractivity contribution in [3.05, 3.63) is 0 Å². The number of fused-ring (bicyclic) bond motifs is 12. The second kappa shape index (κ2) is 2.73. The molecule has 5 fully saturated rings. The normalized spacial score (nSPS) is 66.2. The highest BCUT2D eigenvalue weighted by Gasteiger charge is 2.69. The van der Waals surface area contributed by atoms with Gasteiger partial charge in [0.1, 0.15) is 0 Å². The first-order valence-corrected chi connectivity index (χ1v) is 7.42. The van der Waals surface area contributed by atoms with Gasteiger partial charge >= 0.3 is 5.97 Å². The fourth-order valence-corrected chi connectivity index (χ4v) is 6.93. The lowest BCUT2D eigenvalue weighted by atomic mass is 9.62. The molecule has 8 unspecified atom stereocenters. The third kappa shape index (κ3) is 0.880. The fourth-order valence-electron chi connectivity index (χ4n) is 6.93. The average molecular weight is 232 g/mol. The van der Waals surface area contributed by atoms with Crippen molar-refractivity contribution in [1.29, 1.82) is 0 Å². The molecule has 0 radical (unpaired) electrons. The molecule has 0 aromatic carbocycles. The van der Waals surface area contributed by atoms with Crippen molar-refractivity contribution in [2.45, 2.75) is 26.2 Å². The Labute approximate surface area is 102 Å². The number of rotatable bonds is 0. The molecule has 17 heavy (non-hydrogen) atoms. The van der Waals surface area contributed by atoms with Crippen LogP contribution >= 0.6 is 0 Å². The molecule has 0 amide bonds. The molecule has 0 N–H and O–H groups in total. The van der Waals surface area contributed by atoms with Crippen LogP contribution in [0.25, 0.3) is 0 Å². The summed E-state index contributed by atoms with van der Waals surface area (Å²) in [5.74, 6) is 7.44. The topological polar surface area (TPSA) is 26.3 Å². The maximum absolute atomic E-state index is 11.9. The molecule has 0 spiro atoms. The predicted octanol–water partition coefficient (Wildman–Crippen LogP) is 2.33. The quantitative estimate of drug-likeness (QED) is 0.473. The van der Waals surface area contributed by atoms with E-state index in [1.807, 2.05) is 0 Å². The number of cyclic esters (lactones) is 1. The Balaban J connectivity index is 1.57. The Morgan fingerprint density at radius 1 is 1.00 bits per heavy atom. The van der Waals surface area contributed by atoms with E-state index in [1.54, 1.807) is 0 Å². The molecule has 0 aromatic heterocycles. The Morgan fingerprint density at radius 3 is 2.76 bits per heavy atom. The van der Waals surface area contributed by atoms with Crippen LogP contribution < -0.4 is 0 Å². The summed E-state index contributed by atoms with van der Waals surface area (Å²) in [7, 11) is 0. The third-order valence-electron chi connectivity index (χ3n) is 7.16. The van der Waals surface area contributed by atoms with E-state index in [2.05, 4.69) is 6.92 Å². The van der Waals surface area contributed by atoms with Gasteiger partial charge in [0.05, 0.1) is 12.5 Å². The van der Waals surface area contributed by atoms with Crippen LogP contribution in [0, 0.1) is 53.3 Å². The van der Waals surface area contributed by atoms with Gasteiger partial charge < -0.3 is 4.74 Å². The fraction of sp³-hybridized carbons (Fsp3) is 0.933. The monoisotopic (exact) mass is 232 g/mol. The van der Waals surface area contributed by atoms with Gasteiger partial charge in [-0.1, -0.05) is 6.92 Å². The molecule has 2 nitrogen and oxygen atoms in total. The van der Waals surface area contributed by atoms with Gasteiger partial charge in [-0.2, -0.15) is 0 Å². The Kier molecular flexibility index (Phi) is 1.51. The van der Waals surface area contributed by atoms with Crippen LogP contribution in [0.5, 0.6) is 0 Å². The molecule has 4 bridgehead atoms. The number of hydrogen-bond acceptors (Lipinski definition) is 2. The van der Waals surface area contributed by atoms with E-state index in [0.717, 1.165) is 42.1 Å². The van der Waals surface area contributed by atoms with Crippen LogP contribution in [0.3, 0.4) is 0 Å². The first kappa shape index (κ1) is 9.41. The van der Waals surface area contributed by atoms with Gasteiger partial charge in [0, 0.05) is 5.92 Å². The molecule has 2 heteroatoms. The number of carbonyl (C=O) groups excluding carboxylic acids is 1. The molecule has 92 valence electrons. The lowest BCUT2D eigenvalue weighted by molar-refractivity contribution is -0.143. The summed E-state index contributed by atoms with van der Waals surface area (Å²) in [6.07, 6.45) is 4.29. The minimum absolute atomic E-state index is 0.150. The summed E-state index contributed by atoms with van der Waals surface area (Å²) < 4.78 is 5.34. The molecule has 1 saturated heterocycles. The molecular formula is C15H20O2. The van der Waals surface area contributed by atoms with Crippen LogP contribution in [0.15, 0.2) is 0 Å². The minimum atomic E-state index is 0.150. The van der Waals surface area contributed by atoms with Crippen molar-refractivity contribution in [2.75, 3.05) is 6.61 Å². The van der Waals surface area contributed by atoms with E-state index in [4.69, 9.17) is 4.74 Å². The van der Waals surface area contributed by atoms with E-state index in [1.165, 1.54) is 19.3 Å². The molecule has 5 rings (SSSR count). The van der Waals surface area contributed by atoms with E-state index in [-0.39, 0.29) is 5.97 Å². The van der Waals surface area contributed by atoms with Gasteiger partial charge in [-0.05, 0) is 60.7 Å². The summed E-state index contributed by atoms with van der Waals surface area (Å²) >= 11 is 0. The van der Waals surface area contributed by atoms with Crippen LogP contribution in [0.1, 0.15) is 26.2 Å². The van der Waals surface area contributed by atoms with Gasteiger partial charge in [-0.15, -0.1) is 0 Å². The maximum Gasteiger partial charge on any atom is 0.309 e. The molecule has 9 atom stereocenters. The van der Waals surface area contributed by atoms with E-state index in [0.29, 0.717) is 17.8 Å².